The molecule has 0 spiro atoms. The third-order valence-corrected chi connectivity index (χ3v) is 3.48. The summed E-state index contributed by atoms with van der Waals surface area (Å²) in [7, 11) is 0. The van der Waals surface area contributed by atoms with E-state index in [1.807, 2.05) is 0 Å². The van der Waals surface area contributed by atoms with E-state index >= 15 is 0 Å². The van der Waals surface area contributed by atoms with Crippen LogP contribution in [0.4, 0.5) is 0 Å². The van der Waals surface area contributed by atoms with E-state index in [1.54, 1.807) is 0 Å². The SMILES string of the molecule is CCC(CC)C(=O)NCCCCCCI. The zero-order valence-corrected chi connectivity index (χ0v) is 12.2. The van der Waals surface area contributed by atoms with Gasteiger partial charge in [-0.05, 0) is 30.1 Å². The molecular formula is C12H24INO. The fourth-order valence-electron chi connectivity index (χ4n) is 1.59. The van der Waals surface area contributed by atoms with Gasteiger partial charge in [-0.1, -0.05) is 49.3 Å². The Bertz CT molecular complexity index is 158. The molecule has 2 nitrogen and oxygen atoms in total. The van der Waals surface area contributed by atoms with Crippen molar-refractivity contribution in [3.63, 3.8) is 0 Å². The number of carbonyl (C=O) groups is 1. The molecule has 0 atom stereocenters. The van der Waals surface area contributed by atoms with Crippen LogP contribution in [-0.2, 0) is 4.79 Å². The summed E-state index contributed by atoms with van der Waals surface area (Å²) < 4.78 is 1.25. The highest BCUT2D eigenvalue weighted by Crippen LogP contribution is 2.07. The molecule has 0 fully saturated rings. The van der Waals surface area contributed by atoms with Crippen LogP contribution in [0, 0.1) is 5.92 Å². The lowest BCUT2D eigenvalue weighted by molar-refractivity contribution is -0.125. The first-order valence-corrected chi connectivity index (χ1v) is 7.62. The maximum Gasteiger partial charge on any atom is 0.223 e. The summed E-state index contributed by atoms with van der Waals surface area (Å²) in [6.45, 7) is 5.01. The van der Waals surface area contributed by atoms with Crippen molar-refractivity contribution in [1.29, 1.82) is 0 Å². The first-order valence-electron chi connectivity index (χ1n) is 6.09. The number of hydrogen-bond donors (Lipinski definition) is 1. The van der Waals surface area contributed by atoms with Gasteiger partial charge in [-0.2, -0.15) is 0 Å². The summed E-state index contributed by atoms with van der Waals surface area (Å²) in [6.07, 6.45) is 6.88. The molecule has 0 bridgehead atoms. The quantitative estimate of drug-likeness (QED) is 0.392. The largest absolute Gasteiger partial charge is 0.356 e. The highest BCUT2D eigenvalue weighted by molar-refractivity contribution is 14.1. The molecule has 0 aromatic heterocycles. The lowest BCUT2D eigenvalue weighted by Gasteiger charge is -2.12. The topological polar surface area (TPSA) is 29.1 Å². The van der Waals surface area contributed by atoms with Crippen molar-refractivity contribution in [2.24, 2.45) is 5.92 Å². The molecule has 3 heteroatoms. The number of nitrogens with one attached hydrogen (secondary N) is 1. The Morgan fingerprint density at radius 3 is 2.27 bits per heavy atom. The van der Waals surface area contributed by atoms with Crippen molar-refractivity contribution in [2.45, 2.75) is 52.4 Å². The zero-order valence-electron chi connectivity index (χ0n) is 10.0. The lowest BCUT2D eigenvalue weighted by atomic mass is 10.0. The zero-order chi connectivity index (χ0) is 11.5. The van der Waals surface area contributed by atoms with E-state index < -0.39 is 0 Å². The van der Waals surface area contributed by atoms with Crippen molar-refractivity contribution in [3.8, 4) is 0 Å². The Morgan fingerprint density at radius 1 is 1.13 bits per heavy atom. The minimum atomic E-state index is 0.222. The molecule has 0 aromatic carbocycles. The Balaban J connectivity index is 3.38. The second-order valence-electron chi connectivity index (χ2n) is 3.91. The summed E-state index contributed by atoms with van der Waals surface area (Å²) in [6, 6.07) is 0. The molecule has 1 N–H and O–H groups in total. The van der Waals surface area contributed by atoms with Gasteiger partial charge in [0.1, 0.15) is 0 Å². The number of hydrogen-bond acceptors (Lipinski definition) is 1. The van der Waals surface area contributed by atoms with Gasteiger partial charge in [-0.15, -0.1) is 0 Å². The van der Waals surface area contributed by atoms with Gasteiger partial charge in [0.15, 0.2) is 0 Å². The monoisotopic (exact) mass is 325 g/mol. The van der Waals surface area contributed by atoms with Crippen LogP contribution in [0.15, 0.2) is 0 Å². The summed E-state index contributed by atoms with van der Waals surface area (Å²) in [5.41, 5.74) is 0. The summed E-state index contributed by atoms with van der Waals surface area (Å²) in [5, 5.41) is 3.02. The van der Waals surface area contributed by atoms with Crippen molar-refractivity contribution >= 4 is 28.5 Å². The molecule has 0 rings (SSSR count). The molecule has 0 saturated carbocycles. The summed E-state index contributed by atoms with van der Waals surface area (Å²) in [5.74, 6) is 0.466. The molecule has 0 aliphatic rings. The minimum Gasteiger partial charge on any atom is -0.356 e. The van der Waals surface area contributed by atoms with Crippen molar-refractivity contribution < 1.29 is 4.79 Å². The maximum absolute atomic E-state index is 11.6. The predicted molar refractivity (Wildman–Crippen MR) is 74.4 cm³/mol. The number of amides is 1. The normalized spacial score (nSPS) is 10.7. The molecule has 0 radical (unpaired) electrons. The van der Waals surface area contributed by atoms with Crippen LogP contribution in [0.2, 0.25) is 0 Å². The number of unbranched alkanes of at least 4 members (excludes halogenated alkanes) is 3. The van der Waals surface area contributed by atoms with E-state index in [1.165, 1.54) is 23.7 Å². The Kier molecular flexibility index (Phi) is 10.9. The van der Waals surface area contributed by atoms with E-state index in [9.17, 15) is 4.79 Å². The fraction of sp³-hybridized carbons (Fsp3) is 0.917. The number of alkyl halides is 1. The van der Waals surface area contributed by atoms with Gasteiger partial charge in [-0.3, -0.25) is 4.79 Å². The smallest absolute Gasteiger partial charge is 0.223 e. The third-order valence-electron chi connectivity index (χ3n) is 2.72. The molecule has 90 valence electrons. The van der Waals surface area contributed by atoms with Crippen molar-refractivity contribution in [1.82, 2.24) is 5.32 Å². The van der Waals surface area contributed by atoms with Crippen molar-refractivity contribution in [2.75, 3.05) is 11.0 Å². The Morgan fingerprint density at radius 2 is 1.73 bits per heavy atom. The lowest BCUT2D eigenvalue weighted by Crippen LogP contribution is -2.30. The predicted octanol–water partition coefficient (Wildman–Crippen LogP) is 3.53. The minimum absolute atomic E-state index is 0.222. The van der Waals surface area contributed by atoms with Crippen LogP contribution < -0.4 is 5.32 Å². The van der Waals surface area contributed by atoms with Crippen LogP contribution in [-0.4, -0.2) is 16.9 Å². The van der Waals surface area contributed by atoms with Gasteiger partial charge >= 0.3 is 0 Å². The van der Waals surface area contributed by atoms with Crippen LogP contribution in [0.1, 0.15) is 52.4 Å². The molecule has 0 aliphatic heterocycles. The van der Waals surface area contributed by atoms with Gasteiger partial charge in [0.25, 0.3) is 0 Å². The number of halogens is 1. The average Bonchev–Trinajstić information content (AvgIpc) is 2.25. The van der Waals surface area contributed by atoms with Crippen molar-refractivity contribution in [3.05, 3.63) is 0 Å². The second kappa shape index (κ2) is 10.7. The first kappa shape index (κ1) is 15.2. The molecule has 0 unspecified atom stereocenters. The standard InChI is InChI=1S/C12H24INO/c1-3-11(4-2)12(15)14-10-8-6-5-7-9-13/h11H,3-10H2,1-2H3,(H,14,15). The molecular weight excluding hydrogens is 301 g/mol. The molecule has 1 amide bonds. The average molecular weight is 325 g/mol. The van der Waals surface area contributed by atoms with Gasteiger partial charge in [0, 0.05) is 12.5 Å². The molecule has 0 heterocycles. The third kappa shape index (κ3) is 8.05. The van der Waals surface area contributed by atoms with Gasteiger partial charge in [0.05, 0.1) is 0 Å². The van der Waals surface area contributed by atoms with Crippen LogP contribution >= 0.6 is 22.6 Å². The Hall–Kier alpha value is 0.200. The fourth-order valence-corrected chi connectivity index (χ4v) is 2.13. The van der Waals surface area contributed by atoms with E-state index in [-0.39, 0.29) is 11.8 Å². The van der Waals surface area contributed by atoms with Crippen LogP contribution in [0.3, 0.4) is 0 Å². The van der Waals surface area contributed by atoms with E-state index in [2.05, 4.69) is 41.8 Å². The molecule has 0 aliphatic carbocycles. The van der Waals surface area contributed by atoms with Crippen LogP contribution in [0.5, 0.6) is 0 Å². The second-order valence-corrected chi connectivity index (χ2v) is 4.99. The summed E-state index contributed by atoms with van der Waals surface area (Å²) >= 11 is 2.41. The highest BCUT2D eigenvalue weighted by Gasteiger charge is 2.12. The summed E-state index contributed by atoms with van der Waals surface area (Å²) in [4.78, 5) is 11.6. The highest BCUT2D eigenvalue weighted by atomic mass is 127. The number of rotatable bonds is 9. The molecule has 0 aromatic rings. The van der Waals surface area contributed by atoms with Crippen LogP contribution in [0.25, 0.3) is 0 Å². The Labute approximate surface area is 108 Å². The van der Waals surface area contributed by atoms with Gasteiger partial charge in [0.2, 0.25) is 5.91 Å². The maximum atomic E-state index is 11.6. The van der Waals surface area contributed by atoms with E-state index in [0.717, 1.165) is 25.8 Å². The van der Waals surface area contributed by atoms with E-state index in [0.29, 0.717) is 0 Å². The molecule has 15 heavy (non-hydrogen) atoms. The molecule has 0 saturated heterocycles. The first-order chi connectivity index (χ1) is 7.26. The van der Waals surface area contributed by atoms with E-state index in [4.69, 9.17) is 0 Å². The number of carbonyl (C=O) groups excluding carboxylic acids is 1. The van der Waals surface area contributed by atoms with Gasteiger partial charge in [-0.25, -0.2) is 0 Å². The van der Waals surface area contributed by atoms with Gasteiger partial charge < -0.3 is 5.32 Å².